The van der Waals surface area contributed by atoms with Crippen LogP contribution in [0.1, 0.15) is 29.6 Å². The van der Waals surface area contributed by atoms with Crippen LogP contribution in [0, 0.1) is 0 Å². The van der Waals surface area contributed by atoms with Gasteiger partial charge in [0.15, 0.2) is 0 Å². The van der Waals surface area contributed by atoms with Crippen molar-refractivity contribution in [1.82, 2.24) is 10.3 Å². The number of carbonyl (C=O) groups excluding carboxylic acids is 1. The maximum atomic E-state index is 12.1. The largest absolute Gasteiger partial charge is 0.381 e. The van der Waals surface area contributed by atoms with Crippen LogP contribution in [0.5, 0.6) is 0 Å². The first kappa shape index (κ1) is 14.1. The lowest BCUT2D eigenvalue weighted by molar-refractivity contribution is 0.0915. The Kier molecular flexibility index (Phi) is 4.61. The monoisotopic (exact) mass is 283 g/mol. The molecule has 1 heterocycles. The van der Waals surface area contributed by atoms with Crippen molar-refractivity contribution in [3.63, 3.8) is 0 Å². The van der Waals surface area contributed by atoms with Gasteiger partial charge >= 0.3 is 0 Å². The van der Waals surface area contributed by atoms with E-state index in [1.807, 2.05) is 0 Å². The second-order valence-corrected chi connectivity index (χ2v) is 5.04. The Morgan fingerprint density at radius 1 is 1.47 bits per heavy atom. The van der Waals surface area contributed by atoms with Crippen molar-refractivity contribution in [2.75, 3.05) is 19.5 Å². The highest BCUT2D eigenvalue weighted by Gasteiger charge is 2.26. The van der Waals surface area contributed by atoms with Crippen molar-refractivity contribution in [2.45, 2.75) is 31.4 Å². The SMILES string of the molecule is CNc1cc(C(=O)NC2CCC(OC)C2)cc(Cl)n1. The van der Waals surface area contributed by atoms with Crippen molar-refractivity contribution in [1.29, 1.82) is 0 Å². The van der Waals surface area contributed by atoms with Gasteiger partial charge in [0.1, 0.15) is 11.0 Å². The summed E-state index contributed by atoms with van der Waals surface area (Å²) in [6.07, 6.45) is 3.04. The van der Waals surface area contributed by atoms with Crippen LogP contribution < -0.4 is 10.6 Å². The maximum Gasteiger partial charge on any atom is 0.251 e. The minimum absolute atomic E-state index is 0.123. The van der Waals surface area contributed by atoms with E-state index in [0.717, 1.165) is 19.3 Å². The van der Waals surface area contributed by atoms with E-state index in [4.69, 9.17) is 16.3 Å². The zero-order chi connectivity index (χ0) is 13.8. The fraction of sp³-hybridized carbons (Fsp3) is 0.538. The molecule has 1 aliphatic rings. The molecule has 1 fully saturated rings. The summed E-state index contributed by atoms with van der Waals surface area (Å²) in [5, 5.41) is 6.19. The molecule has 1 aliphatic carbocycles. The summed E-state index contributed by atoms with van der Waals surface area (Å²) in [6, 6.07) is 3.42. The predicted octanol–water partition coefficient (Wildman–Crippen LogP) is 2.07. The highest BCUT2D eigenvalue weighted by atomic mass is 35.5. The van der Waals surface area contributed by atoms with Gasteiger partial charge in [0.25, 0.3) is 5.91 Å². The number of ether oxygens (including phenoxy) is 1. The summed E-state index contributed by atoms with van der Waals surface area (Å²) >= 11 is 5.88. The van der Waals surface area contributed by atoms with Crippen molar-refractivity contribution in [2.24, 2.45) is 0 Å². The Labute approximate surface area is 117 Å². The van der Waals surface area contributed by atoms with Gasteiger partial charge in [-0.3, -0.25) is 4.79 Å². The summed E-state index contributed by atoms with van der Waals surface area (Å²) in [6.45, 7) is 0. The molecule has 2 rings (SSSR count). The molecule has 0 aromatic carbocycles. The molecule has 2 unspecified atom stereocenters. The Bertz CT molecular complexity index is 467. The first-order valence-corrected chi connectivity index (χ1v) is 6.69. The Morgan fingerprint density at radius 2 is 2.26 bits per heavy atom. The van der Waals surface area contributed by atoms with Gasteiger partial charge in [0, 0.05) is 25.8 Å². The van der Waals surface area contributed by atoms with Gasteiger partial charge in [-0.15, -0.1) is 0 Å². The average molecular weight is 284 g/mol. The summed E-state index contributed by atoms with van der Waals surface area (Å²) < 4.78 is 5.29. The van der Waals surface area contributed by atoms with Gasteiger partial charge in [-0.05, 0) is 31.4 Å². The highest BCUT2D eigenvalue weighted by Crippen LogP contribution is 2.22. The van der Waals surface area contributed by atoms with Gasteiger partial charge < -0.3 is 15.4 Å². The van der Waals surface area contributed by atoms with Gasteiger partial charge in [-0.1, -0.05) is 11.6 Å². The molecule has 5 nitrogen and oxygen atoms in total. The van der Waals surface area contributed by atoms with E-state index in [0.29, 0.717) is 16.5 Å². The Balaban J connectivity index is 2.02. The third-order valence-corrected chi connectivity index (χ3v) is 3.56. The van der Waals surface area contributed by atoms with Crippen LogP contribution in [0.25, 0.3) is 0 Å². The maximum absolute atomic E-state index is 12.1. The zero-order valence-electron chi connectivity index (χ0n) is 11.1. The predicted molar refractivity (Wildman–Crippen MR) is 74.7 cm³/mol. The normalized spacial score (nSPS) is 22.3. The Morgan fingerprint density at radius 3 is 2.89 bits per heavy atom. The molecule has 2 atom stereocenters. The van der Waals surface area contributed by atoms with E-state index in [1.54, 1.807) is 26.3 Å². The van der Waals surface area contributed by atoms with Crippen molar-refractivity contribution in [3.8, 4) is 0 Å². The molecule has 1 aromatic rings. The Hall–Kier alpha value is -1.33. The molecule has 0 radical (unpaired) electrons. The molecule has 0 spiro atoms. The van der Waals surface area contributed by atoms with Crippen LogP contribution >= 0.6 is 11.6 Å². The quantitative estimate of drug-likeness (QED) is 0.831. The van der Waals surface area contributed by atoms with E-state index >= 15 is 0 Å². The number of rotatable bonds is 4. The summed E-state index contributed by atoms with van der Waals surface area (Å²) in [5.41, 5.74) is 0.519. The number of hydrogen-bond acceptors (Lipinski definition) is 4. The number of halogens is 1. The molecule has 1 amide bonds. The molecule has 0 bridgehead atoms. The number of methoxy groups -OCH3 is 1. The van der Waals surface area contributed by atoms with Crippen LogP contribution in [0.3, 0.4) is 0 Å². The lowest BCUT2D eigenvalue weighted by Crippen LogP contribution is -2.33. The number of pyridine rings is 1. The molecule has 0 aliphatic heterocycles. The fourth-order valence-electron chi connectivity index (χ4n) is 2.31. The number of anilines is 1. The van der Waals surface area contributed by atoms with Gasteiger partial charge in [0.2, 0.25) is 0 Å². The van der Waals surface area contributed by atoms with Crippen molar-refractivity contribution < 1.29 is 9.53 Å². The second-order valence-electron chi connectivity index (χ2n) is 4.65. The summed E-state index contributed by atoms with van der Waals surface area (Å²) in [5.74, 6) is 0.460. The lowest BCUT2D eigenvalue weighted by Gasteiger charge is -2.13. The number of nitrogens with zero attached hydrogens (tertiary/aromatic N) is 1. The smallest absolute Gasteiger partial charge is 0.251 e. The third-order valence-electron chi connectivity index (χ3n) is 3.37. The average Bonchev–Trinajstić information content (AvgIpc) is 2.85. The first-order valence-electron chi connectivity index (χ1n) is 6.31. The topological polar surface area (TPSA) is 63.2 Å². The molecule has 1 saturated carbocycles. The van der Waals surface area contributed by atoms with Crippen LogP contribution in [-0.4, -0.2) is 37.2 Å². The summed E-state index contributed by atoms with van der Waals surface area (Å²) in [7, 11) is 3.44. The van der Waals surface area contributed by atoms with Gasteiger partial charge in [-0.2, -0.15) is 0 Å². The van der Waals surface area contributed by atoms with E-state index in [2.05, 4.69) is 15.6 Å². The molecule has 19 heavy (non-hydrogen) atoms. The second kappa shape index (κ2) is 6.21. The summed E-state index contributed by atoms with van der Waals surface area (Å²) in [4.78, 5) is 16.2. The van der Waals surface area contributed by atoms with Crippen LogP contribution in [0.15, 0.2) is 12.1 Å². The minimum atomic E-state index is -0.123. The molecular weight excluding hydrogens is 266 g/mol. The number of amides is 1. The van der Waals surface area contributed by atoms with Crippen molar-refractivity contribution in [3.05, 3.63) is 22.8 Å². The van der Waals surface area contributed by atoms with Crippen LogP contribution in [-0.2, 0) is 4.74 Å². The third kappa shape index (κ3) is 3.58. The number of carbonyl (C=O) groups is 1. The fourth-order valence-corrected chi connectivity index (χ4v) is 2.52. The van der Waals surface area contributed by atoms with Gasteiger partial charge in [0.05, 0.1) is 6.10 Å². The first-order chi connectivity index (χ1) is 9.12. The molecular formula is C13H18ClN3O2. The molecule has 1 aromatic heterocycles. The van der Waals surface area contributed by atoms with Crippen LogP contribution in [0.4, 0.5) is 5.82 Å². The van der Waals surface area contributed by atoms with E-state index in [-0.39, 0.29) is 18.1 Å². The molecule has 2 N–H and O–H groups in total. The number of aromatic nitrogens is 1. The zero-order valence-corrected chi connectivity index (χ0v) is 11.8. The molecule has 104 valence electrons. The number of hydrogen-bond donors (Lipinski definition) is 2. The highest BCUT2D eigenvalue weighted by molar-refractivity contribution is 6.29. The minimum Gasteiger partial charge on any atom is -0.381 e. The van der Waals surface area contributed by atoms with E-state index < -0.39 is 0 Å². The van der Waals surface area contributed by atoms with E-state index in [1.165, 1.54) is 0 Å². The van der Waals surface area contributed by atoms with Crippen LogP contribution in [0.2, 0.25) is 5.15 Å². The van der Waals surface area contributed by atoms with E-state index in [9.17, 15) is 4.79 Å². The standard InChI is InChI=1S/C13H18ClN3O2/c1-15-12-6-8(5-11(14)17-12)13(18)16-9-3-4-10(7-9)19-2/h5-6,9-10H,3-4,7H2,1-2H3,(H,15,17)(H,16,18). The number of nitrogens with one attached hydrogen (secondary N) is 2. The molecule has 0 saturated heterocycles. The molecule has 6 heteroatoms. The van der Waals surface area contributed by atoms with Gasteiger partial charge in [-0.25, -0.2) is 4.98 Å². The van der Waals surface area contributed by atoms with Crippen molar-refractivity contribution >= 4 is 23.3 Å². The lowest BCUT2D eigenvalue weighted by atomic mass is 10.2.